The second-order valence-corrected chi connectivity index (χ2v) is 5.03. The molecular formula is C12H22N2O3. The molecule has 0 bridgehead atoms. The van der Waals surface area contributed by atoms with Gasteiger partial charge in [0.05, 0.1) is 18.8 Å². The SMILES string of the molecule is O=C(NCC1CCCCC1O)NC1CCOC1. The number of amides is 2. The molecule has 5 heteroatoms. The Labute approximate surface area is 102 Å². The fourth-order valence-electron chi connectivity index (χ4n) is 2.53. The normalized spacial score (nSPS) is 33.4. The highest BCUT2D eigenvalue weighted by molar-refractivity contribution is 5.74. The Kier molecular flexibility index (Phi) is 4.62. The molecule has 0 radical (unpaired) electrons. The quantitative estimate of drug-likeness (QED) is 0.679. The van der Waals surface area contributed by atoms with Crippen molar-refractivity contribution >= 4 is 6.03 Å². The van der Waals surface area contributed by atoms with Crippen molar-refractivity contribution in [1.82, 2.24) is 10.6 Å². The highest BCUT2D eigenvalue weighted by Gasteiger charge is 2.24. The summed E-state index contributed by atoms with van der Waals surface area (Å²) in [6.07, 6.45) is 4.77. The lowest BCUT2D eigenvalue weighted by Gasteiger charge is -2.27. The molecule has 0 spiro atoms. The van der Waals surface area contributed by atoms with Gasteiger partial charge in [0, 0.05) is 19.1 Å². The zero-order valence-corrected chi connectivity index (χ0v) is 10.2. The van der Waals surface area contributed by atoms with E-state index in [1.807, 2.05) is 0 Å². The summed E-state index contributed by atoms with van der Waals surface area (Å²) >= 11 is 0. The Bertz CT molecular complexity index is 254. The minimum absolute atomic E-state index is 0.140. The van der Waals surface area contributed by atoms with E-state index in [0.717, 1.165) is 38.7 Å². The average Bonchev–Trinajstić information content (AvgIpc) is 2.81. The second-order valence-electron chi connectivity index (χ2n) is 5.03. The summed E-state index contributed by atoms with van der Waals surface area (Å²) < 4.78 is 5.19. The summed E-state index contributed by atoms with van der Waals surface area (Å²) in [5, 5.41) is 15.5. The zero-order valence-electron chi connectivity index (χ0n) is 10.2. The van der Waals surface area contributed by atoms with Crippen molar-refractivity contribution in [3.8, 4) is 0 Å². The van der Waals surface area contributed by atoms with Gasteiger partial charge in [0.15, 0.2) is 0 Å². The summed E-state index contributed by atoms with van der Waals surface area (Å²) in [7, 11) is 0. The van der Waals surface area contributed by atoms with Crippen LogP contribution in [0, 0.1) is 5.92 Å². The summed E-state index contributed by atoms with van der Waals surface area (Å²) in [5.74, 6) is 0.217. The molecule has 17 heavy (non-hydrogen) atoms. The van der Waals surface area contributed by atoms with Gasteiger partial charge in [-0.15, -0.1) is 0 Å². The number of nitrogens with one attached hydrogen (secondary N) is 2. The summed E-state index contributed by atoms with van der Waals surface area (Å²) in [6, 6.07) is 0.00422. The smallest absolute Gasteiger partial charge is 0.315 e. The zero-order chi connectivity index (χ0) is 12.1. The molecule has 1 aliphatic carbocycles. The van der Waals surface area contributed by atoms with Crippen molar-refractivity contribution in [2.45, 2.75) is 44.2 Å². The van der Waals surface area contributed by atoms with Gasteiger partial charge >= 0.3 is 6.03 Å². The van der Waals surface area contributed by atoms with E-state index in [1.165, 1.54) is 0 Å². The third-order valence-electron chi connectivity index (χ3n) is 3.66. The molecule has 0 aromatic heterocycles. The summed E-state index contributed by atoms with van der Waals surface area (Å²) in [4.78, 5) is 11.6. The number of hydrogen-bond acceptors (Lipinski definition) is 3. The number of urea groups is 1. The van der Waals surface area contributed by atoms with Crippen LogP contribution in [-0.4, -0.2) is 43.0 Å². The third-order valence-corrected chi connectivity index (χ3v) is 3.66. The van der Waals surface area contributed by atoms with Crippen molar-refractivity contribution in [3.05, 3.63) is 0 Å². The first-order valence-electron chi connectivity index (χ1n) is 6.56. The molecule has 2 rings (SSSR count). The van der Waals surface area contributed by atoms with E-state index < -0.39 is 0 Å². The lowest BCUT2D eigenvalue weighted by atomic mass is 9.86. The Balaban J connectivity index is 1.64. The fraction of sp³-hybridized carbons (Fsp3) is 0.917. The predicted molar refractivity (Wildman–Crippen MR) is 63.7 cm³/mol. The Morgan fingerprint density at radius 2 is 2.12 bits per heavy atom. The van der Waals surface area contributed by atoms with Crippen LogP contribution in [0.2, 0.25) is 0 Å². The number of ether oxygens (including phenoxy) is 1. The van der Waals surface area contributed by atoms with Gasteiger partial charge in [-0.3, -0.25) is 0 Å². The molecule has 3 unspecified atom stereocenters. The fourth-order valence-corrected chi connectivity index (χ4v) is 2.53. The summed E-state index contributed by atoms with van der Waals surface area (Å²) in [6.45, 7) is 1.91. The molecule has 3 atom stereocenters. The average molecular weight is 242 g/mol. The van der Waals surface area contributed by atoms with E-state index in [0.29, 0.717) is 13.2 Å². The van der Waals surface area contributed by atoms with Crippen LogP contribution in [0.25, 0.3) is 0 Å². The molecule has 0 aromatic rings. The third kappa shape index (κ3) is 3.85. The molecular weight excluding hydrogens is 220 g/mol. The lowest BCUT2D eigenvalue weighted by molar-refractivity contribution is 0.0708. The van der Waals surface area contributed by atoms with E-state index >= 15 is 0 Å². The molecule has 1 heterocycles. The van der Waals surface area contributed by atoms with Crippen LogP contribution in [0.5, 0.6) is 0 Å². The maximum atomic E-state index is 11.6. The first-order valence-corrected chi connectivity index (χ1v) is 6.56. The Morgan fingerprint density at radius 1 is 1.29 bits per heavy atom. The first-order chi connectivity index (χ1) is 8.25. The van der Waals surface area contributed by atoms with Gasteiger partial charge in [0.25, 0.3) is 0 Å². The van der Waals surface area contributed by atoms with Crippen molar-refractivity contribution in [1.29, 1.82) is 0 Å². The molecule has 1 saturated heterocycles. The second kappa shape index (κ2) is 6.21. The molecule has 98 valence electrons. The van der Waals surface area contributed by atoms with Gasteiger partial charge in [-0.25, -0.2) is 4.79 Å². The van der Waals surface area contributed by atoms with E-state index in [-0.39, 0.29) is 24.1 Å². The minimum atomic E-state index is -0.251. The van der Waals surface area contributed by atoms with Crippen LogP contribution >= 0.6 is 0 Å². The molecule has 2 fully saturated rings. The maximum Gasteiger partial charge on any atom is 0.315 e. The number of aliphatic hydroxyl groups excluding tert-OH is 1. The molecule has 1 saturated carbocycles. The molecule has 5 nitrogen and oxygen atoms in total. The Hall–Kier alpha value is -0.810. The molecule has 3 N–H and O–H groups in total. The highest BCUT2D eigenvalue weighted by atomic mass is 16.5. The van der Waals surface area contributed by atoms with Crippen LogP contribution in [0.1, 0.15) is 32.1 Å². The van der Waals surface area contributed by atoms with Crippen LogP contribution in [0.15, 0.2) is 0 Å². The highest BCUT2D eigenvalue weighted by Crippen LogP contribution is 2.23. The number of carbonyl (C=O) groups is 1. The monoisotopic (exact) mass is 242 g/mol. The van der Waals surface area contributed by atoms with Gasteiger partial charge in [0.1, 0.15) is 0 Å². The number of carbonyl (C=O) groups excluding carboxylic acids is 1. The maximum absolute atomic E-state index is 11.6. The van der Waals surface area contributed by atoms with Crippen LogP contribution in [0.4, 0.5) is 4.79 Å². The first kappa shape index (κ1) is 12.6. The molecule has 0 aromatic carbocycles. The largest absolute Gasteiger partial charge is 0.393 e. The van der Waals surface area contributed by atoms with Crippen molar-refractivity contribution < 1.29 is 14.6 Å². The van der Waals surface area contributed by atoms with Gasteiger partial charge in [-0.1, -0.05) is 12.8 Å². The van der Waals surface area contributed by atoms with E-state index in [1.54, 1.807) is 0 Å². The van der Waals surface area contributed by atoms with Crippen LogP contribution < -0.4 is 10.6 Å². The van der Waals surface area contributed by atoms with E-state index in [4.69, 9.17) is 4.74 Å². The van der Waals surface area contributed by atoms with E-state index in [2.05, 4.69) is 10.6 Å². The van der Waals surface area contributed by atoms with Gasteiger partial charge in [0.2, 0.25) is 0 Å². The summed E-state index contributed by atoms with van der Waals surface area (Å²) in [5.41, 5.74) is 0. The number of aliphatic hydroxyl groups is 1. The van der Waals surface area contributed by atoms with Crippen molar-refractivity contribution in [2.24, 2.45) is 5.92 Å². The number of hydrogen-bond donors (Lipinski definition) is 3. The van der Waals surface area contributed by atoms with Gasteiger partial charge in [-0.05, 0) is 19.3 Å². The Morgan fingerprint density at radius 3 is 2.82 bits per heavy atom. The van der Waals surface area contributed by atoms with E-state index in [9.17, 15) is 9.90 Å². The van der Waals surface area contributed by atoms with Gasteiger partial charge in [-0.2, -0.15) is 0 Å². The van der Waals surface area contributed by atoms with Crippen molar-refractivity contribution in [2.75, 3.05) is 19.8 Å². The predicted octanol–water partition coefficient (Wildman–Crippen LogP) is 0.626. The van der Waals surface area contributed by atoms with Crippen LogP contribution in [0.3, 0.4) is 0 Å². The standard InChI is InChI=1S/C12H22N2O3/c15-11-4-2-1-3-9(11)7-13-12(16)14-10-5-6-17-8-10/h9-11,15H,1-8H2,(H2,13,14,16). The minimum Gasteiger partial charge on any atom is -0.393 e. The molecule has 1 aliphatic heterocycles. The number of rotatable bonds is 3. The van der Waals surface area contributed by atoms with Crippen LogP contribution in [-0.2, 0) is 4.74 Å². The van der Waals surface area contributed by atoms with Crippen molar-refractivity contribution in [3.63, 3.8) is 0 Å². The van der Waals surface area contributed by atoms with Gasteiger partial charge < -0.3 is 20.5 Å². The topological polar surface area (TPSA) is 70.6 Å². The molecule has 2 amide bonds. The lowest BCUT2D eigenvalue weighted by Crippen LogP contribution is -2.45. The molecule has 2 aliphatic rings.